The molecule has 0 saturated heterocycles. The molecular formula is C28H32Cl2Ti. The minimum Gasteiger partial charge on any atom is -1.00 e. The van der Waals surface area contributed by atoms with Crippen LogP contribution in [0.5, 0.6) is 0 Å². The van der Waals surface area contributed by atoms with Crippen molar-refractivity contribution >= 4 is 0 Å². The average Bonchev–Trinajstić information content (AvgIpc) is 3.27. The van der Waals surface area contributed by atoms with Gasteiger partial charge in [-0.1, -0.05) is 102 Å². The second kappa shape index (κ2) is 8.53. The van der Waals surface area contributed by atoms with Gasteiger partial charge in [-0.15, -0.1) is 0 Å². The van der Waals surface area contributed by atoms with Gasteiger partial charge in [-0.05, 0) is 57.1 Å². The number of benzene rings is 2. The van der Waals surface area contributed by atoms with Crippen LogP contribution in [0.15, 0.2) is 65.8 Å². The Morgan fingerprint density at radius 3 is 2.19 bits per heavy atom. The minimum atomic E-state index is 0. The van der Waals surface area contributed by atoms with Crippen molar-refractivity contribution in [3.05, 3.63) is 82.5 Å². The van der Waals surface area contributed by atoms with E-state index in [4.69, 9.17) is 0 Å². The molecule has 3 aliphatic carbocycles. The molecule has 2 aromatic carbocycles. The molecule has 0 aliphatic heterocycles. The Bertz CT molecular complexity index is 1050. The zero-order chi connectivity index (χ0) is 19.9. The summed E-state index contributed by atoms with van der Waals surface area (Å²) in [6.45, 7) is 14.5. The largest absolute Gasteiger partial charge is 2.00 e. The Kier molecular flexibility index (Phi) is 7.28. The van der Waals surface area contributed by atoms with Crippen LogP contribution < -0.4 is 24.8 Å². The molecular weight excluding hydrogens is 455 g/mol. The molecule has 0 aromatic heterocycles. The molecule has 1 saturated carbocycles. The number of fused-ring (bicyclic) bond motifs is 4. The minimum absolute atomic E-state index is 0. The van der Waals surface area contributed by atoms with Crippen LogP contribution in [0.3, 0.4) is 0 Å². The normalized spacial score (nSPS) is 24.5. The first-order chi connectivity index (χ1) is 13.1. The van der Waals surface area contributed by atoms with Crippen LogP contribution in [0.2, 0.25) is 0 Å². The fraction of sp³-hybridized carbons (Fsp3) is 0.429. The summed E-state index contributed by atoms with van der Waals surface area (Å²) in [5, 5.41) is 0. The van der Waals surface area contributed by atoms with Gasteiger partial charge < -0.3 is 24.8 Å². The van der Waals surface area contributed by atoms with Gasteiger partial charge in [0.15, 0.2) is 0 Å². The summed E-state index contributed by atoms with van der Waals surface area (Å²) < 4.78 is 0. The van der Waals surface area contributed by atoms with Crippen molar-refractivity contribution in [3.63, 3.8) is 0 Å². The number of hydrogen-bond acceptors (Lipinski definition) is 0. The predicted molar refractivity (Wildman–Crippen MR) is 120 cm³/mol. The topological polar surface area (TPSA) is 0 Å². The molecule has 1 fully saturated rings. The van der Waals surface area contributed by atoms with E-state index in [-0.39, 0.29) is 62.8 Å². The second-order valence-electron chi connectivity index (χ2n) is 11.1. The van der Waals surface area contributed by atoms with Crippen LogP contribution in [0, 0.1) is 16.7 Å². The molecule has 0 spiro atoms. The number of allylic oxidation sites excluding steroid dienone is 4. The van der Waals surface area contributed by atoms with Gasteiger partial charge in [-0.25, -0.2) is 0 Å². The third-order valence-electron chi connectivity index (χ3n) is 7.60. The van der Waals surface area contributed by atoms with E-state index in [2.05, 4.69) is 96.2 Å². The first-order valence-electron chi connectivity index (χ1n) is 10.8. The summed E-state index contributed by atoms with van der Waals surface area (Å²) in [5.74, 6) is 0.520. The van der Waals surface area contributed by atoms with Crippen molar-refractivity contribution in [3.8, 4) is 11.1 Å². The van der Waals surface area contributed by atoms with Gasteiger partial charge in [0.1, 0.15) is 0 Å². The van der Waals surface area contributed by atoms with Crippen LogP contribution in [0.4, 0.5) is 0 Å². The summed E-state index contributed by atoms with van der Waals surface area (Å²) >= 11 is 0. The Labute approximate surface area is 215 Å². The summed E-state index contributed by atoms with van der Waals surface area (Å²) in [4.78, 5) is 0. The number of hydrogen-bond donors (Lipinski definition) is 0. The SMILES string of the molecule is CC(C)(C)C1=CC2C(=C1)C(C)(C)CC2(C)c1cccc2c1Cc1ccccc1-2.[Cl-].[Cl-].[Ti+2]. The summed E-state index contributed by atoms with van der Waals surface area (Å²) in [7, 11) is 0. The van der Waals surface area contributed by atoms with E-state index in [9.17, 15) is 0 Å². The molecule has 2 unspecified atom stereocenters. The van der Waals surface area contributed by atoms with Gasteiger partial charge in [0.2, 0.25) is 0 Å². The van der Waals surface area contributed by atoms with Crippen LogP contribution in [0.1, 0.15) is 64.7 Å². The quantitative estimate of drug-likeness (QED) is 0.457. The predicted octanol–water partition coefficient (Wildman–Crippen LogP) is 1.48. The van der Waals surface area contributed by atoms with E-state index >= 15 is 0 Å². The number of rotatable bonds is 1. The van der Waals surface area contributed by atoms with E-state index in [1.54, 1.807) is 16.7 Å². The summed E-state index contributed by atoms with van der Waals surface area (Å²) in [5.41, 5.74) is 11.3. The van der Waals surface area contributed by atoms with Gasteiger partial charge in [0.25, 0.3) is 0 Å². The third kappa shape index (κ3) is 3.93. The van der Waals surface area contributed by atoms with Gasteiger partial charge in [-0.3, -0.25) is 0 Å². The average molecular weight is 487 g/mol. The van der Waals surface area contributed by atoms with Gasteiger partial charge >= 0.3 is 21.7 Å². The molecule has 162 valence electrons. The molecule has 0 heterocycles. The monoisotopic (exact) mass is 486 g/mol. The molecule has 0 nitrogen and oxygen atoms in total. The Hall–Kier alpha value is -0.786. The second-order valence-corrected chi connectivity index (χ2v) is 11.1. The molecule has 31 heavy (non-hydrogen) atoms. The van der Waals surface area contributed by atoms with Crippen molar-refractivity contribution in [2.24, 2.45) is 16.7 Å². The maximum absolute atomic E-state index is 2.60. The van der Waals surface area contributed by atoms with E-state index in [1.807, 2.05) is 0 Å². The van der Waals surface area contributed by atoms with Crippen molar-refractivity contribution in [2.75, 3.05) is 0 Å². The molecule has 0 amide bonds. The van der Waals surface area contributed by atoms with Crippen LogP contribution in [-0.2, 0) is 33.6 Å². The van der Waals surface area contributed by atoms with E-state index in [0.29, 0.717) is 5.92 Å². The Morgan fingerprint density at radius 1 is 0.871 bits per heavy atom. The van der Waals surface area contributed by atoms with Crippen molar-refractivity contribution in [2.45, 2.75) is 59.8 Å². The van der Waals surface area contributed by atoms with E-state index in [0.717, 1.165) is 6.42 Å². The first kappa shape index (κ1) is 26.5. The Morgan fingerprint density at radius 2 is 1.52 bits per heavy atom. The first-order valence-corrected chi connectivity index (χ1v) is 10.8. The van der Waals surface area contributed by atoms with Gasteiger partial charge in [0.05, 0.1) is 0 Å². The summed E-state index contributed by atoms with van der Waals surface area (Å²) in [6.07, 6.45) is 7.44. The van der Waals surface area contributed by atoms with E-state index in [1.165, 1.54) is 28.7 Å². The maximum Gasteiger partial charge on any atom is 2.00 e. The van der Waals surface area contributed by atoms with Crippen molar-refractivity contribution < 1.29 is 46.5 Å². The van der Waals surface area contributed by atoms with E-state index < -0.39 is 0 Å². The molecule has 3 aliphatic rings. The molecule has 0 bridgehead atoms. The summed E-state index contributed by atoms with van der Waals surface area (Å²) in [6, 6.07) is 16.0. The molecule has 2 atom stereocenters. The fourth-order valence-corrected chi connectivity index (χ4v) is 6.27. The van der Waals surface area contributed by atoms with Crippen LogP contribution >= 0.6 is 0 Å². The fourth-order valence-electron chi connectivity index (χ4n) is 6.27. The van der Waals surface area contributed by atoms with Crippen LogP contribution in [-0.4, -0.2) is 0 Å². The standard InChI is InChI=1S/C28H32.2ClH.Ti/c1-26(2,3)19-15-24-25(16-19)28(6,17-27(24,4)5)23-13-9-12-21-20-11-8-7-10-18(20)14-22(21)23;;;/h7-13,15-16,25H,14,17H2,1-6H3;2*1H;/q;;;+2/p-2. The molecule has 2 aromatic rings. The molecule has 0 N–H and O–H groups in total. The third-order valence-corrected chi connectivity index (χ3v) is 7.60. The van der Waals surface area contributed by atoms with Crippen molar-refractivity contribution in [1.82, 2.24) is 0 Å². The Balaban J connectivity index is 0.00000114. The molecule has 5 rings (SSSR count). The number of halogens is 2. The van der Waals surface area contributed by atoms with Crippen LogP contribution in [0.25, 0.3) is 11.1 Å². The van der Waals surface area contributed by atoms with Crippen molar-refractivity contribution in [1.29, 1.82) is 0 Å². The maximum atomic E-state index is 2.60. The smallest absolute Gasteiger partial charge is 1.00 e. The zero-order valence-electron chi connectivity index (χ0n) is 19.4. The molecule has 0 radical (unpaired) electrons. The van der Waals surface area contributed by atoms with Gasteiger partial charge in [0, 0.05) is 11.3 Å². The van der Waals surface area contributed by atoms with Gasteiger partial charge in [-0.2, -0.15) is 0 Å². The molecule has 3 heteroatoms. The zero-order valence-corrected chi connectivity index (χ0v) is 22.5.